The monoisotopic (exact) mass is 269 g/mol. The van der Waals surface area contributed by atoms with Crippen LogP contribution >= 0.6 is 11.6 Å². The van der Waals surface area contributed by atoms with E-state index in [1.165, 1.54) is 12.8 Å². The van der Waals surface area contributed by atoms with Gasteiger partial charge in [-0.1, -0.05) is 24.4 Å². The van der Waals surface area contributed by atoms with Crippen molar-refractivity contribution in [1.82, 2.24) is 9.97 Å². The maximum absolute atomic E-state index is 9.40. The van der Waals surface area contributed by atoms with Crippen LogP contribution in [0.15, 0.2) is 0 Å². The van der Waals surface area contributed by atoms with E-state index in [-0.39, 0.29) is 12.6 Å². The number of halogens is 1. The molecule has 0 spiro atoms. The molecule has 1 heterocycles. The van der Waals surface area contributed by atoms with Crippen LogP contribution in [0.1, 0.15) is 37.1 Å². The Kier molecular flexibility index (Phi) is 4.40. The van der Waals surface area contributed by atoms with Crippen molar-refractivity contribution in [3.05, 3.63) is 16.5 Å². The van der Waals surface area contributed by atoms with E-state index in [9.17, 15) is 5.11 Å². The Bertz CT molecular complexity index is 425. The molecule has 1 fully saturated rings. The standard InChI is InChI=1S/C13H20ClN3O/c1-8-9(2)16-13(12(14)15-8)17-11-6-4-3-5-10(11)7-18/h10-11,18H,3-7H2,1-2H3,(H,16,17). The summed E-state index contributed by atoms with van der Waals surface area (Å²) in [4.78, 5) is 8.72. The van der Waals surface area contributed by atoms with E-state index in [0.717, 1.165) is 24.2 Å². The number of hydrogen-bond donors (Lipinski definition) is 2. The molecule has 1 aliphatic carbocycles. The molecule has 1 aliphatic rings. The van der Waals surface area contributed by atoms with Gasteiger partial charge in [0.25, 0.3) is 0 Å². The number of aromatic nitrogens is 2. The first kappa shape index (κ1) is 13.6. The highest BCUT2D eigenvalue weighted by atomic mass is 35.5. The molecule has 1 aromatic heterocycles. The number of nitrogens with zero attached hydrogens (tertiary/aromatic N) is 2. The summed E-state index contributed by atoms with van der Waals surface area (Å²) in [7, 11) is 0. The van der Waals surface area contributed by atoms with Gasteiger partial charge in [0.2, 0.25) is 0 Å². The Labute approximate surface area is 113 Å². The molecule has 2 unspecified atom stereocenters. The van der Waals surface area contributed by atoms with E-state index >= 15 is 0 Å². The van der Waals surface area contributed by atoms with Crippen LogP contribution in [-0.4, -0.2) is 27.7 Å². The van der Waals surface area contributed by atoms with Gasteiger partial charge in [-0.2, -0.15) is 0 Å². The molecule has 1 aromatic rings. The molecule has 0 amide bonds. The lowest BCUT2D eigenvalue weighted by Crippen LogP contribution is -2.34. The third-order valence-electron chi connectivity index (χ3n) is 3.73. The van der Waals surface area contributed by atoms with E-state index in [2.05, 4.69) is 15.3 Å². The average molecular weight is 270 g/mol. The highest BCUT2D eigenvalue weighted by Crippen LogP contribution is 2.28. The van der Waals surface area contributed by atoms with Gasteiger partial charge in [0.15, 0.2) is 11.0 Å². The lowest BCUT2D eigenvalue weighted by molar-refractivity contribution is 0.178. The summed E-state index contributed by atoms with van der Waals surface area (Å²) >= 11 is 6.11. The number of anilines is 1. The molecule has 2 atom stereocenters. The molecule has 2 rings (SSSR count). The fourth-order valence-electron chi connectivity index (χ4n) is 2.46. The van der Waals surface area contributed by atoms with Crippen LogP contribution in [-0.2, 0) is 0 Å². The van der Waals surface area contributed by atoms with Gasteiger partial charge in [0.05, 0.1) is 11.4 Å². The van der Waals surface area contributed by atoms with E-state index in [1.54, 1.807) is 0 Å². The highest BCUT2D eigenvalue weighted by Gasteiger charge is 2.25. The van der Waals surface area contributed by atoms with Crippen LogP contribution in [0.25, 0.3) is 0 Å². The van der Waals surface area contributed by atoms with Crippen LogP contribution in [0, 0.1) is 19.8 Å². The molecule has 0 radical (unpaired) electrons. The maximum Gasteiger partial charge on any atom is 0.171 e. The number of nitrogens with one attached hydrogen (secondary N) is 1. The first-order valence-corrected chi connectivity index (χ1v) is 6.87. The molecule has 0 aromatic carbocycles. The number of aryl methyl sites for hydroxylation is 2. The van der Waals surface area contributed by atoms with Crippen molar-refractivity contribution in [3.8, 4) is 0 Å². The Balaban J connectivity index is 2.15. The number of aliphatic hydroxyl groups is 1. The molecular formula is C13H20ClN3O. The van der Waals surface area contributed by atoms with Crippen LogP contribution < -0.4 is 5.32 Å². The molecule has 0 saturated heterocycles. The number of hydrogen-bond acceptors (Lipinski definition) is 4. The third kappa shape index (κ3) is 2.93. The van der Waals surface area contributed by atoms with Crippen molar-refractivity contribution in [1.29, 1.82) is 0 Å². The first-order valence-electron chi connectivity index (χ1n) is 6.50. The van der Waals surface area contributed by atoms with Gasteiger partial charge < -0.3 is 10.4 Å². The zero-order chi connectivity index (χ0) is 13.1. The number of rotatable bonds is 3. The van der Waals surface area contributed by atoms with Gasteiger partial charge in [-0.05, 0) is 26.7 Å². The first-order chi connectivity index (χ1) is 8.61. The second-order valence-electron chi connectivity index (χ2n) is 5.01. The van der Waals surface area contributed by atoms with E-state index in [1.807, 2.05) is 13.8 Å². The smallest absolute Gasteiger partial charge is 0.171 e. The Morgan fingerprint density at radius 1 is 1.22 bits per heavy atom. The summed E-state index contributed by atoms with van der Waals surface area (Å²) in [5.41, 5.74) is 1.74. The molecule has 100 valence electrons. The Morgan fingerprint density at radius 2 is 1.89 bits per heavy atom. The zero-order valence-corrected chi connectivity index (χ0v) is 11.7. The SMILES string of the molecule is Cc1nc(Cl)c(NC2CCCCC2CO)nc1C. The molecule has 4 nitrogen and oxygen atoms in total. The van der Waals surface area contributed by atoms with Gasteiger partial charge in [-0.15, -0.1) is 0 Å². The lowest BCUT2D eigenvalue weighted by atomic mass is 9.85. The van der Waals surface area contributed by atoms with E-state index < -0.39 is 0 Å². The lowest BCUT2D eigenvalue weighted by Gasteiger charge is -2.31. The summed E-state index contributed by atoms with van der Waals surface area (Å²) in [5, 5.41) is 13.2. The van der Waals surface area contributed by atoms with Crippen molar-refractivity contribution in [2.75, 3.05) is 11.9 Å². The molecule has 0 bridgehead atoms. The Morgan fingerprint density at radius 3 is 2.61 bits per heavy atom. The van der Waals surface area contributed by atoms with Crippen molar-refractivity contribution >= 4 is 17.4 Å². The Hall–Kier alpha value is -0.870. The van der Waals surface area contributed by atoms with Crippen LogP contribution in [0.4, 0.5) is 5.82 Å². The highest BCUT2D eigenvalue weighted by molar-refractivity contribution is 6.31. The maximum atomic E-state index is 9.40. The summed E-state index contributed by atoms with van der Waals surface area (Å²) in [5.74, 6) is 0.934. The van der Waals surface area contributed by atoms with Crippen molar-refractivity contribution in [2.45, 2.75) is 45.6 Å². The summed E-state index contributed by atoms with van der Waals surface area (Å²) in [6, 6.07) is 0.248. The van der Waals surface area contributed by atoms with Crippen molar-refractivity contribution in [2.24, 2.45) is 5.92 Å². The minimum Gasteiger partial charge on any atom is -0.396 e. The molecular weight excluding hydrogens is 250 g/mol. The summed E-state index contributed by atoms with van der Waals surface area (Å²) in [6.07, 6.45) is 4.49. The van der Waals surface area contributed by atoms with Gasteiger partial charge in [0.1, 0.15) is 0 Å². The predicted octanol–water partition coefficient (Wildman–Crippen LogP) is 2.71. The average Bonchev–Trinajstić information content (AvgIpc) is 2.36. The van der Waals surface area contributed by atoms with Crippen molar-refractivity contribution < 1.29 is 5.11 Å². The second-order valence-corrected chi connectivity index (χ2v) is 5.37. The van der Waals surface area contributed by atoms with Gasteiger partial charge in [-0.25, -0.2) is 9.97 Å². The molecule has 5 heteroatoms. The fourth-order valence-corrected chi connectivity index (χ4v) is 2.68. The van der Waals surface area contributed by atoms with Gasteiger partial charge in [0, 0.05) is 18.6 Å². The molecule has 0 aliphatic heterocycles. The quantitative estimate of drug-likeness (QED) is 0.886. The largest absolute Gasteiger partial charge is 0.396 e. The molecule has 2 N–H and O–H groups in total. The second kappa shape index (κ2) is 5.85. The normalized spacial score (nSPS) is 24.0. The number of aliphatic hydroxyl groups excluding tert-OH is 1. The van der Waals surface area contributed by atoms with Crippen LogP contribution in [0.5, 0.6) is 0 Å². The van der Waals surface area contributed by atoms with Crippen LogP contribution in [0.3, 0.4) is 0 Å². The fraction of sp³-hybridized carbons (Fsp3) is 0.692. The minimum absolute atomic E-state index is 0.216. The van der Waals surface area contributed by atoms with Crippen LogP contribution in [0.2, 0.25) is 5.15 Å². The van der Waals surface area contributed by atoms with Gasteiger partial charge in [-0.3, -0.25) is 0 Å². The van der Waals surface area contributed by atoms with E-state index in [4.69, 9.17) is 11.6 Å². The summed E-state index contributed by atoms with van der Waals surface area (Å²) < 4.78 is 0. The zero-order valence-electron chi connectivity index (χ0n) is 10.9. The molecule has 18 heavy (non-hydrogen) atoms. The predicted molar refractivity (Wildman–Crippen MR) is 73.0 cm³/mol. The van der Waals surface area contributed by atoms with E-state index in [0.29, 0.717) is 16.9 Å². The summed E-state index contributed by atoms with van der Waals surface area (Å²) in [6.45, 7) is 4.04. The minimum atomic E-state index is 0.216. The topological polar surface area (TPSA) is 58.0 Å². The molecule has 1 saturated carbocycles. The van der Waals surface area contributed by atoms with Gasteiger partial charge >= 0.3 is 0 Å². The van der Waals surface area contributed by atoms with Crippen molar-refractivity contribution in [3.63, 3.8) is 0 Å². The third-order valence-corrected chi connectivity index (χ3v) is 3.99.